The van der Waals surface area contributed by atoms with Crippen molar-refractivity contribution in [2.45, 2.75) is 31.7 Å². The molecule has 124 valence electrons. The zero-order valence-corrected chi connectivity index (χ0v) is 14.3. The van der Waals surface area contributed by atoms with Crippen molar-refractivity contribution >= 4 is 10.8 Å². The van der Waals surface area contributed by atoms with E-state index in [1.165, 1.54) is 29.2 Å². The first-order valence-corrected chi connectivity index (χ1v) is 8.64. The Morgan fingerprint density at radius 1 is 1.17 bits per heavy atom. The van der Waals surface area contributed by atoms with Crippen molar-refractivity contribution in [3.05, 3.63) is 54.4 Å². The number of fused-ring (bicyclic) bond motifs is 1. The van der Waals surface area contributed by atoms with Crippen molar-refractivity contribution < 1.29 is 0 Å². The van der Waals surface area contributed by atoms with E-state index < -0.39 is 0 Å². The van der Waals surface area contributed by atoms with Crippen molar-refractivity contribution in [1.29, 1.82) is 0 Å². The van der Waals surface area contributed by atoms with Crippen LogP contribution in [0.5, 0.6) is 0 Å². The molecule has 24 heavy (non-hydrogen) atoms. The van der Waals surface area contributed by atoms with E-state index in [2.05, 4.69) is 51.3 Å². The van der Waals surface area contributed by atoms with Crippen LogP contribution in [0.15, 0.2) is 43.0 Å². The summed E-state index contributed by atoms with van der Waals surface area (Å²) in [5, 5.41) is 10.9. The molecule has 3 aromatic rings. The molecule has 1 aliphatic heterocycles. The van der Waals surface area contributed by atoms with Gasteiger partial charge in [0.1, 0.15) is 12.2 Å². The highest BCUT2D eigenvalue weighted by molar-refractivity contribution is 5.85. The summed E-state index contributed by atoms with van der Waals surface area (Å²) in [7, 11) is 2.02. The normalized spacial score (nSPS) is 18.1. The molecule has 1 fully saturated rings. The Bertz CT molecular complexity index is 827. The third kappa shape index (κ3) is 2.69. The van der Waals surface area contributed by atoms with Crippen molar-refractivity contribution in [1.82, 2.24) is 24.6 Å². The molecule has 1 saturated heterocycles. The Morgan fingerprint density at radius 2 is 2.00 bits per heavy atom. The monoisotopic (exact) mass is 321 g/mol. The topological polar surface area (TPSA) is 46.8 Å². The minimum atomic E-state index is 0.315. The van der Waals surface area contributed by atoms with Crippen LogP contribution in [0.25, 0.3) is 10.8 Å². The van der Waals surface area contributed by atoms with Gasteiger partial charge in [0, 0.05) is 24.8 Å². The van der Waals surface area contributed by atoms with E-state index in [-0.39, 0.29) is 0 Å². The predicted octanol–water partition coefficient (Wildman–Crippen LogP) is 3.30. The molecule has 1 aromatic carbocycles. The van der Waals surface area contributed by atoms with E-state index in [4.69, 9.17) is 0 Å². The van der Waals surface area contributed by atoms with Crippen LogP contribution in [0.2, 0.25) is 0 Å². The quantitative estimate of drug-likeness (QED) is 0.742. The fraction of sp³-hybridized carbons (Fsp3) is 0.421. The third-order valence-electron chi connectivity index (χ3n) is 5.35. The Labute approximate surface area is 142 Å². The molecule has 0 N–H and O–H groups in total. The molecule has 0 spiro atoms. The van der Waals surface area contributed by atoms with Crippen LogP contribution in [0.1, 0.15) is 43.1 Å². The van der Waals surface area contributed by atoms with Crippen LogP contribution in [-0.4, -0.2) is 37.7 Å². The summed E-state index contributed by atoms with van der Waals surface area (Å²) in [4.78, 5) is 6.77. The number of aryl methyl sites for hydroxylation is 1. The lowest BCUT2D eigenvalue weighted by Gasteiger charge is -2.36. The zero-order valence-electron chi connectivity index (χ0n) is 14.3. The highest BCUT2D eigenvalue weighted by atomic mass is 15.3. The highest BCUT2D eigenvalue weighted by Crippen LogP contribution is 2.34. The van der Waals surface area contributed by atoms with Gasteiger partial charge in [-0.2, -0.15) is 0 Å². The Hall–Kier alpha value is -2.27. The number of hydrogen-bond donors (Lipinski definition) is 0. The average molecular weight is 321 g/mol. The highest BCUT2D eigenvalue weighted by Gasteiger charge is 2.27. The molecule has 1 aliphatic rings. The molecule has 5 heteroatoms. The number of aromatic nitrogens is 4. The molecule has 4 rings (SSSR count). The maximum absolute atomic E-state index is 4.27. The van der Waals surface area contributed by atoms with E-state index in [0.717, 1.165) is 18.9 Å². The Balaban J connectivity index is 1.51. The SMILES string of the molecule is CC(c1nncn1C)N1CCC(c2cccc3cnccc23)CC1. The molecule has 3 heterocycles. The summed E-state index contributed by atoms with van der Waals surface area (Å²) in [5.74, 6) is 1.67. The number of benzene rings is 1. The van der Waals surface area contributed by atoms with Crippen LogP contribution >= 0.6 is 0 Å². The molecule has 0 saturated carbocycles. The van der Waals surface area contributed by atoms with E-state index in [0.29, 0.717) is 12.0 Å². The van der Waals surface area contributed by atoms with E-state index in [1.807, 2.05) is 24.0 Å². The van der Waals surface area contributed by atoms with Crippen molar-refractivity contribution in [2.75, 3.05) is 13.1 Å². The van der Waals surface area contributed by atoms with Gasteiger partial charge in [0.2, 0.25) is 0 Å². The van der Waals surface area contributed by atoms with Gasteiger partial charge in [-0.25, -0.2) is 0 Å². The van der Waals surface area contributed by atoms with E-state index >= 15 is 0 Å². The van der Waals surface area contributed by atoms with E-state index in [1.54, 1.807) is 6.33 Å². The van der Waals surface area contributed by atoms with Crippen LogP contribution in [-0.2, 0) is 7.05 Å². The van der Waals surface area contributed by atoms with Gasteiger partial charge in [-0.1, -0.05) is 18.2 Å². The summed E-state index contributed by atoms with van der Waals surface area (Å²) < 4.78 is 2.02. The molecule has 2 aromatic heterocycles. The Morgan fingerprint density at radius 3 is 2.75 bits per heavy atom. The maximum Gasteiger partial charge on any atom is 0.149 e. The lowest BCUT2D eigenvalue weighted by molar-refractivity contribution is 0.155. The number of piperidine rings is 1. The van der Waals surface area contributed by atoms with Gasteiger partial charge in [0.15, 0.2) is 0 Å². The van der Waals surface area contributed by atoms with Crippen LogP contribution in [0, 0.1) is 0 Å². The van der Waals surface area contributed by atoms with Gasteiger partial charge >= 0.3 is 0 Å². The van der Waals surface area contributed by atoms with Crippen LogP contribution in [0.3, 0.4) is 0 Å². The number of hydrogen-bond acceptors (Lipinski definition) is 4. The van der Waals surface area contributed by atoms with Crippen molar-refractivity contribution in [3.8, 4) is 0 Å². The van der Waals surface area contributed by atoms with Crippen LogP contribution in [0.4, 0.5) is 0 Å². The van der Waals surface area contributed by atoms with Gasteiger partial charge in [-0.15, -0.1) is 10.2 Å². The molecular weight excluding hydrogens is 298 g/mol. The summed E-state index contributed by atoms with van der Waals surface area (Å²) in [6, 6.07) is 9.06. The second kappa shape index (κ2) is 6.32. The smallest absolute Gasteiger partial charge is 0.149 e. The summed E-state index contributed by atoms with van der Waals surface area (Å²) in [5.41, 5.74) is 1.47. The number of pyridine rings is 1. The molecule has 1 unspecified atom stereocenters. The van der Waals surface area contributed by atoms with Gasteiger partial charge in [0.05, 0.1) is 6.04 Å². The molecule has 0 aliphatic carbocycles. The third-order valence-corrected chi connectivity index (χ3v) is 5.35. The molecule has 0 radical (unpaired) electrons. The van der Waals surface area contributed by atoms with E-state index in [9.17, 15) is 0 Å². The molecule has 0 amide bonds. The predicted molar refractivity (Wildman–Crippen MR) is 94.7 cm³/mol. The second-order valence-electron chi connectivity index (χ2n) is 6.73. The fourth-order valence-electron chi connectivity index (χ4n) is 3.94. The van der Waals surface area contributed by atoms with Gasteiger partial charge in [-0.3, -0.25) is 9.88 Å². The second-order valence-corrected chi connectivity index (χ2v) is 6.73. The largest absolute Gasteiger partial charge is 0.319 e. The summed E-state index contributed by atoms with van der Waals surface area (Å²) in [6.07, 6.45) is 8.01. The fourth-order valence-corrected chi connectivity index (χ4v) is 3.94. The molecule has 5 nitrogen and oxygen atoms in total. The number of rotatable bonds is 3. The molecular formula is C19H23N5. The van der Waals surface area contributed by atoms with Crippen LogP contribution < -0.4 is 0 Å². The average Bonchev–Trinajstić information content (AvgIpc) is 3.07. The lowest BCUT2D eigenvalue weighted by atomic mass is 9.86. The van der Waals surface area contributed by atoms with Crippen molar-refractivity contribution in [2.24, 2.45) is 7.05 Å². The molecule has 0 bridgehead atoms. The minimum Gasteiger partial charge on any atom is -0.319 e. The first kappa shape index (κ1) is 15.3. The Kier molecular flexibility index (Phi) is 4.02. The lowest BCUT2D eigenvalue weighted by Crippen LogP contribution is -2.36. The zero-order chi connectivity index (χ0) is 16.5. The standard InChI is InChI=1S/C19H23N5/c1-14(19-22-21-13-23(19)2)24-10-7-15(8-11-24)17-5-3-4-16-12-20-9-6-18(16)17/h3-6,9,12-15H,7-8,10-11H2,1-2H3. The summed E-state index contributed by atoms with van der Waals surface area (Å²) >= 11 is 0. The van der Waals surface area contributed by atoms with Crippen molar-refractivity contribution in [3.63, 3.8) is 0 Å². The van der Waals surface area contributed by atoms with Gasteiger partial charge < -0.3 is 4.57 Å². The number of likely N-dealkylation sites (tertiary alicyclic amines) is 1. The van der Waals surface area contributed by atoms with Gasteiger partial charge in [-0.05, 0) is 55.8 Å². The van der Waals surface area contributed by atoms with Gasteiger partial charge in [0.25, 0.3) is 0 Å². The summed E-state index contributed by atoms with van der Waals surface area (Å²) in [6.45, 7) is 4.42. The molecule has 1 atom stereocenters. The number of nitrogens with zero attached hydrogens (tertiary/aromatic N) is 5. The first-order valence-electron chi connectivity index (χ1n) is 8.64. The minimum absolute atomic E-state index is 0.315. The first-order chi connectivity index (χ1) is 11.7. The maximum atomic E-state index is 4.27.